The Bertz CT molecular complexity index is 338. The fourth-order valence-electron chi connectivity index (χ4n) is 2.28. The highest BCUT2D eigenvalue weighted by molar-refractivity contribution is 6.60. The summed E-state index contributed by atoms with van der Waals surface area (Å²) in [6.45, 7) is 12.0. The Morgan fingerprint density at radius 1 is 0.957 bits per heavy atom. The molecule has 0 heterocycles. The Morgan fingerprint density at radius 2 is 1.48 bits per heavy atom. The number of hydrogen-bond acceptors (Lipinski definition) is 5. The van der Waals surface area contributed by atoms with Gasteiger partial charge >= 0.3 is 8.80 Å². The first kappa shape index (κ1) is 22.0. The van der Waals surface area contributed by atoms with Gasteiger partial charge in [0, 0.05) is 59.3 Å². The first-order chi connectivity index (χ1) is 10.9. The first-order valence-corrected chi connectivity index (χ1v) is 10.3. The molecule has 136 valence electrons. The van der Waals surface area contributed by atoms with Crippen molar-refractivity contribution < 1.29 is 22.9 Å². The molecule has 0 atom stereocenters. The van der Waals surface area contributed by atoms with Gasteiger partial charge in [0.25, 0.3) is 0 Å². The molecule has 0 aromatic carbocycles. The third-order valence-electron chi connectivity index (χ3n) is 3.20. The van der Waals surface area contributed by atoms with E-state index in [4.69, 9.17) is 13.3 Å². The van der Waals surface area contributed by atoms with E-state index < -0.39 is 8.80 Å². The minimum absolute atomic E-state index is 0.00755. The van der Waals surface area contributed by atoms with Crippen LogP contribution in [0.4, 0.5) is 0 Å². The summed E-state index contributed by atoms with van der Waals surface area (Å²) in [5.74, 6) is -0.101. The van der Waals surface area contributed by atoms with E-state index in [2.05, 4.69) is 5.32 Å². The normalized spacial score (nSPS) is 11.3. The average molecular weight is 349 g/mol. The van der Waals surface area contributed by atoms with Crippen LogP contribution in [-0.4, -0.2) is 65.0 Å². The van der Waals surface area contributed by atoms with Gasteiger partial charge in [-0.1, -0.05) is 0 Å². The summed E-state index contributed by atoms with van der Waals surface area (Å²) in [5.41, 5.74) is 0. The summed E-state index contributed by atoms with van der Waals surface area (Å²) in [4.78, 5) is 24.3. The molecule has 0 spiro atoms. The van der Waals surface area contributed by atoms with Crippen molar-refractivity contribution in [3.8, 4) is 0 Å². The lowest BCUT2D eigenvalue weighted by Crippen LogP contribution is -2.46. The van der Waals surface area contributed by atoms with Gasteiger partial charge in [-0.15, -0.1) is 0 Å². The highest BCUT2D eigenvalue weighted by Gasteiger charge is 2.39. The molecule has 23 heavy (non-hydrogen) atoms. The lowest BCUT2D eigenvalue weighted by atomic mass is 10.4. The molecule has 0 aromatic rings. The largest absolute Gasteiger partial charge is 0.500 e. The van der Waals surface area contributed by atoms with Gasteiger partial charge in [-0.05, 0) is 27.2 Å². The number of carbonyl (C=O) groups excluding carboxylic acids is 2. The van der Waals surface area contributed by atoms with Crippen LogP contribution in [0.25, 0.3) is 0 Å². The van der Waals surface area contributed by atoms with Crippen molar-refractivity contribution in [3.05, 3.63) is 0 Å². The fraction of sp³-hybridized carbons (Fsp3) is 0.867. The van der Waals surface area contributed by atoms with Gasteiger partial charge in [-0.2, -0.15) is 0 Å². The molecule has 0 rings (SSSR count). The molecular formula is C15H32N2O5Si. The predicted molar refractivity (Wildman–Crippen MR) is 91.0 cm³/mol. The van der Waals surface area contributed by atoms with Crippen molar-refractivity contribution in [2.75, 3.05) is 39.5 Å². The second-order valence-corrected chi connectivity index (χ2v) is 7.81. The first-order valence-electron chi connectivity index (χ1n) is 8.32. The standard InChI is InChI=1S/C15H32N2O5Si/c1-6-20-23(21-7-2,22-8-3)13-9-11-17(15(5)19)12-10-16-14(4)18/h6-13H2,1-5H3,(H,16,18). The van der Waals surface area contributed by atoms with Crippen LogP contribution < -0.4 is 5.32 Å². The topological polar surface area (TPSA) is 77.1 Å². The molecule has 0 aliphatic heterocycles. The summed E-state index contributed by atoms with van der Waals surface area (Å²) >= 11 is 0. The fourth-order valence-corrected chi connectivity index (χ4v) is 4.87. The SMILES string of the molecule is CCO[Si](CCCN(CCNC(C)=O)C(C)=O)(OCC)OCC. The van der Waals surface area contributed by atoms with Gasteiger partial charge in [0.2, 0.25) is 11.8 Å². The molecule has 0 fully saturated rings. The van der Waals surface area contributed by atoms with Crippen molar-refractivity contribution in [1.82, 2.24) is 10.2 Å². The summed E-state index contributed by atoms with van der Waals surface area (Å²) in [6.07, 6.45) is 0.742. The molecule has 0 saturated heterocycles. The van der Waals surface area contributed by atoms with Crippen LogP contribution in [0.5, 0.6) is 0 Å². The van der Waals surface area contributed by atoms with Crippen LogP contribution in [0, 0.1) is 0 Å². The zero-order valence-corrected chi connectivity index (χ0v) is 16.1. The van der Waals surface area contributed by atoms with E-state index in [1.165, 1.54) is 13.8 Å². The van der Waals surface area contributed by atoms with Crippen molar-refractivity contribution in [1.29, 1.82) is 0 Å². The van der Waals surface area contributed by atoms with Gasteiger partial charge in [0.1, 0.15) is 0 Å². The summed E-state index contributed by atoms with van der Waals surface area (Å²) in [7, 11) is -2.65. The molecule has 0 aliphatic rings. The van der Waals surface area contributed by atoms with Gasteiger partial charge in [0.05, 0.1) is 0 Å². The lowest BCUT2D eigenvalue weighted by molar-refractivity contribution is -0.129. The highest BCUT2D eigenvalue weighted by Crippen LogP contribution is 2.18. The second kappa shape index (κ2) is 12.5. The van der Waals surface area contributed by atoms with Crippen LogP contribution >= 0.6 is 0 Å². The molecule has 2 amide bonds. The lowest BCUT2D eigenvalue weighted by Gasteiger charge is -2.29. The van der Waals surface area contributed by atoms with Gasteiger partial charge in [0.15, 0.2) is 0 Å². The van der Waals surface area contributed by atoms with E-state index in [9.17, 15) is 9.59 Å². The zero-order chi connectivity index (χ0) is 17.7. The summed E-state index contributed by atoms with van der Waals surface area (Å²) in [6, 6.07) is 0.673. The molecular weight excluding hydrogens is 316 g/mol. The molecule has 0 aromatic heterocycles. The predicted octanol–water partition coefficient (Wildman–Crippen LogP) is 1.41. The number of nitrogens with zero attached hydrogens (tertiary/aromatic N) is 1. The third-order valence-corrected chi connectivity index (χ3v) is 6.36. The van der Waals surface area contributed by atoms with E-state index >= 15 is 0 Å². The number of nitrogens with one attached hydrogen (secondary N) is 1. The molecule has 8 heteroatoms. The van der Waals surface area contributed by atoms with Crippen molar-refractivity contribution >= 4 is 20.6 Å². The molecule has 0 bridgehead atoms. The minimum Gasteiger partial charge on any atom is -0.374 e. The smallest absolute Gasteiger partial charge is 0.374 e. The second-order valence-electron chi connectivity index (χ2n) is 5.07. The van der Waals surface area contributed by atoms with Crippen LogP contribution in [0.1, 0.15) is 41.0 Å². The molecule has 1 N–H and O–H groups in total. The van der Waals surface area contributed by atoms with E-state index in [0.29, 0.717) is 45.5 Å². The quantitative estimate of drug-likeness (QED) is 0.509. The maximum absolute atomic E-state index is 11.7. The molecule has 0 radical (unpaired) electrons. The van der Waals surface area contributed by atoms with E-state index in [1.54, 1.807) is 4.90 Å². The number of hydrogen-bond donors (Lipinski definition) is 1. The Balaban J connectivity index is 4.49. The molecule has 0 aliphatic carbocycles. The molecule has 0 saturated carbocycles. The Labute approximate surface area is 141 Å². The Kier molecular flexibility index (Phi) is 11.9. The van der Waals surface area contributed by atoms with Crippen molar-refractivity contribution in [3.63, 3.8) is 0 Å². The van der Waals surface area contributed by atoms with Crippen molar-refractivity contribution in [2.24, 2.45) is 0 Å². The van der Waals surface area contributed by atoms with Crippen molar-refractivity contribution in [2.45, 2.75) is 47.1 Å². The Hall–Kier alpha value is -0.963. The zero-order valence-electron chi connectivity index (χ0n) is 15.1. The Morgan fingerprint density at radius 3 is 1.87 bits per heavy atom. The van der Waals surface area contributed by atoms with E-state index in [1.807, 2.05) is 20.8 Å². The maximum atomic E-state index is 11.7. The van der Waals surface area contributed by atoms with Crippen LogP contribution in [-0.2, 0) is 22.9 Å². The van der Waals surface area contributed by atoms with Crippen LogP contribution in [0.2, 0.25) is 6.04 Å². The number of amides is 2. The van der Waals surface area contributed by atoms with Crippen LogP contribution in [0.15, 0.2) is 0 Å². The maximum Gasteiger partial charge on any atom is 0.500 e. The van der Waals surface area contributed by atoms with Gasteiger partial charge in [-0.25, -0.2) is 0 Å². The van der Waals surface area contributed by atoms with Gasteiger partial charge < -0.3 is 23.5 Å². The van der Waals surface area contributed by atoms with E-state index in [0.717, 1.165) is 6.42 Å². The number of carbonyl (C=O) groups is 2. The monoisotopic (exact) mass is 348 g/mol. The highest BCUT2D eigenvalue weighted by atomic mass is 28.4. The van der Waals surface area contributed by atoms with Gasteiger partial charge in [-0.3, -0.25) is 9.59 Å². The molecule has 0 unspecified atom stereocenters. The van der Waals surface area contributed by atoms with E-state index in [-0.39, 0.29) is 11.8 Å². The summed E-state index contributed by atoms with van der Waals surface area (Å²) in [5, 5.41) is 2.70. The average Bonchev–Trinajstić information content (AvgIpc) is 2.46. The minimum atomic E-state index is -2.65. The summed E-state index contributed by atoms with van der Waals surface area (Å²) < 4.78 is 17.4. The molecule has 7 nitrogen and oxygen atoms in total. The van der Waals surface area contributed by atoms with Crippen LogP contribution in [0.3, 0.4) is 0 Å². The third kappa shape index (κ3) is 9.70. The number of rotatable bonds is 13.